The van der Waals surface area contributed by atoms with E-state index >= 15 is 0 Å². The van der Waals surface area contributed by atoms with E-state index in [-0.39, 0.29) is 5.82 Å². The summed E-state index contributed by atoms with van der Waals surface area (Å²) in [6.07, 6.45) is -4.70. The Morgan fingerprint density at radius 3 is 2.28 bits per heavy atom. The second kappa shape index (κ2) is 4.17. The molecule has 0 fully saturated rings. The van der Waals surface area contributed by atoms with Crippen LogP contribution in [0.25, 0.3) is 11.4 Å². The number of halogens is 3. The van der Waals surface area contributed by atoms with Crippen molar-refractivity contribution in [2.75, 3.05) is 0 Å². The summed E-state index contributed by atoms with van der Waals surface area (Å²) in [7, 11) is 0. The van der Waals surface area contributed by atoms with Crippen LogP contribution in [-0.4, -0.2) is 15.9 Å². The fourth-order valence-corrected chi connectivity index (χ4v) is 1.49. The molecule has 94 valence electrons. The van der Waals surface area contributed by atoms with Crippen molar-refractivity contribution >= 4 is 5.91 Å². The first kappa shape index (κ1) is 12.2. The fraction of sp³-hybridized carbons (Fsp3) is 0.0909. The summed E-state index contributed by atoms with van der Waals surface area (Å²) in [4.78, 5) is 16.6. The molecule has 1 heterocycles. The van der Waals surface area contributed by atoms with Gasteiger partial charge in [0.1, 0.15) is 5.82 Å². The summed E-state index contributed by atoms with van der Waals surface area (Å²) >= 11 is 0. The Bertz CT molecular complexity index is 575. The van der Waals surface area contributed by atoms with Crippen molar-refractivity contribution in [1.82, 2.24) is 9.97 Å². The van der Waals surface area contributed by atoms with E-state index in [1.54, 1.807) is 30.3 Å². The molecule has 1 amide bonds. The molecular formula is C11H8F3N3O. The lowest BCUT2D eigenvalue weighted by Gasteiger charge is -2.03. The van der Waals surface area contributed by atoms with Gasteiger partial charge >= 0.3 is 6.18 Å². The molecule has 1 aromatic heterocycles. The number of carbonyl (C=O) groups excluding carboxylic acids is 1. The van der Waals surface area contributed by atoms with Gasteiger partial charge in [-0.1, -0.05) is 30.3 Å². The van der Waals surface area contributed by atoms with Crippen LogP contribution in [0.4, 0.5) is 13.2 Å². The highest BCUT2D eigenvalue weighted by Gasteiger charge is 2.38. The van der Waals surface area contributed by atoms with E-state index in [1.165, 1.54) is 0 Å². The summed E-state index contributed by atoms with van der Waals surface area (Å²) in [6, 6.07) is 8.16. The Labute approximate surface area is 99.6 Å². The lowest BCUT2D eigenvalue weighted by atomic mass is 10.2. The molecule has 0 saturated heterocycles. The number of hydrogen-bond acceptors (Lipinski definition) is 2. The lowest BCUT2D eigenvalue weighted by Crippen LogP contribution is -2.18. The molecule has 0 unspecified atom stereocenters. The van der Waals surface area contributed by atoms with Crippen LogP contribution in [0.1, 0.15) is 16.2 Å². The van der Waals surface area contributed by atoms with E-state index in [9.17, 15) is 18.0 Å². The zero-order valence-corrected chi connectivity index (χ0v) is 8.95. The number of nitrogens with two attached hydrogens (primary N) is 1. The second-order valence-corrected chi connectivity index (χ2v) is 3.54. The number of nitrogens with zero attached hydrogens (tertiary/aromatic N) is 1. The van der Waals surface area contributed by atoms with Crippen LogP contribution in [-0.2, 0) is 6.18 Å². The van der Waals surface area contributed by atoms with Gasteiger partial charge in [0.15, 0.2) is 11.4 Å². The van der Waals surface area contributed by atoms with Gasteiger partial charge in [-0.05, 0) is 0 Å². The monoisotopic (exact) mass is 255 g/mol. The molecule has 0 spiro atoms. The highest BCUT2D eigenvalue weighted by atomic mass is 19.4. The quantitative estimate of drug-likeness (QED) is 0.863. The number of imidazole rings is 1. The van der Waals surface area contributed by atoms with Crippen LogP contribution in [0.15, 0.2) is 30.3 Å². The molecular weight excluding hydrogens is 247 g/mol. The predicted molar refractivity (Wildman–Crippen MR) is 57.5 cm³/mol. The Morgan fingerprint density at radius 2 is 1.83 bits per heavy atom. The first-order chi connectivity index (χ1) is 8.39. The molecule has 2 aromatic rings. The molecule has 0 radical (unpaired) electrons. The molecule has 7 heteroatoms. The normalized spacial score (nSPS) is 11.5. The number of hydrogen-bond donors (Lipinski definition) is 2. The topological polar surface area (TPSA) is 71.8 Å². The SMILES string of the molecule is NC(=O)c1nc(-c2ccccc2)[nH]c1C(F)(F)F. The Hall–Kier alpha value is -2.31. The van der Waals surface area contributed by atoms with Crippen molar-refractivity contribution in [1.29, 1.82) is 0 Å². The van der Waals surface area contributed by atoms with Crippen molar-refractivity contribution in [3.05, 3.63) is 41.7 Å². The largest absolute Gasteiger partial charge is 0.433 e. The molecule has 2 rings (SSSR count). The predicted octanol–water partition coefficient (Wildman–Crippen LogP) is 2.19. The van der Waals surface area contributed by atoms with Crippen molar-refractivity contribution in [3.8, 4) is 11.4 Å². The van der Waals surface area contributed by atoms with Crippen molar-refractivity contribution in [2.45, 2.75) is 6.18 Å². The summed E-state index contributed by atoms with van der Waals surface area (Å²) in [5.74, 6) is -1.27. The number of carbonyl (C=O) groups is 1. The molecule has 0 bridgehead atoms. The Morgan fingerprint density at radius 1 is 1.22 bits per heavy atom. The van der Waals surface area contributed by atoms with E-state index in [2.05, 4.69) is 9.97 Å². The van der Waals surface area contributed by atoms with Crippen LogP contribution in [0.5, 0.6) is 0 Å². The van der Waals surface area contributed by atoms with Crippen LogP contribution < -0.4 is 5.73 Å². The van der Waals surface area contributed by atoms with E-state index in [0.29, 0.717) is 5.56 Å². The molecule has 0 aliphatic rings. The maximum Gasteiger partial charge on any atom is 0.433 e. The minimum Gasteiger partial charge on any atom is -0.364 e. The standard InChI is InChI=1S/C11H8F3N3O/c12-11(13,14)8-7(9(15)18)16-10(17-8)6-4-2-1-3-5-6/h1-5H,(H2,15,18)(H,16,17). The Balaban J connectivity index is 2.57. The maximum absolute atomic E-state index is 12.7. The molecule has 18 heavy (non-hydrogen) atoms. The summed E-state index contributed by atoms with van der Waals surface area (Å²) in [5, 5.41) is 0. The van der Waals surface area contributed by atoms with Crippen LogP contribution >= 0.6 is 0 Å². The van der Waals surface area contributed by atoms with Crippen LogP contribution in [0, 0.1) is 0 Å². The van der Waals surface area contributed by atoms with E-state index in [4.69, 9.17) is 5.73 Å². The first-order valence-electron chi connectivity index (χ1n) is 4.92. The van der Waals surface area contributed by atoms with Crippen LogP contribution in [0.2, 0.25) is 0 Å². The average molecular weight is 255 g/mol. The van der Waals surface area contributed by atoms with Gasteiger partial charge in [0.2, 0.25) is 0 Å². The number of amides is 1. The maximum atomic E-state index is 12.7. The van der Waals surface area contributed by atoms with Gasteiger partial charge in [-0.25, -0.2) is 4.98 Å². The molecule has 0 saturated carbocycles. The number of rotatable bonds is 2. The van der Waals surface area contributed by atoms with Gasteiger partial charge in [0.25, 0.3) is 5.91 Å². The molecule has 0 aliphatic carbocycles. The van der Waals surface area contributed by atoms with Gasteiger partial charge in [0.05, 0.1) is 0 Å². The fourth-order valence-electron chi connectivity index (χ4n) is 1.49. The van der Waals surface area contributed by atoms with E-state index in [0.717, 1.165) is 0 Å². The minimum absolute atomic E-state index is 0.0447. The van der Waals surface area contributed by atoms with E-state index < -0.39 is 23.5 Å². The van der Waals surface area contributed by atoms with Crippen molar-refractivity contribution in [3.63, 3.8) is 0 Å². The molecule has 0 atom stereocenters. The average Bonchev–Trinajstić information content (AvgIpc) is 2.74. The van der Waals surface area contributed by atoms with Gasteiger partial charge in [0, 0.05) is 5.56 Å². The van der Waals surface area contributed by atoms with Gasteiger partial charge in [-0.15, -0.1) is 0 Å². The second-order valence-electron chi connectivity index (χ2n) is 3.54. The zero-order valence-electron chi connectivity index (χ0n) is 8.95. The van der Waals surface area contributed by atoms with Crippen molar-refractivity contribution in [2.24, 2.45) is 5.73 Å². The van der Waals surface area contributed by atoms with Gasteiger partial charge < -0.3 is 10.7 Å². The third-order valence-electron chi connectivity index (χ3n) is 2.27. The smallest absolute Gasteiger partial charge is 0.364 e. The summed E-state index contributed by atoms with van der Waals surface area (Å²) < 4.78 is 38.0. The lowest BCUT2D eigenvalue weighted by molar-refractivity contribution is -0.141. The molecule has 4 nitrogen and oxygen atoms in total. The number of nitrogens with one attached hydrogen (secondary N) is 1. The summed E-state index contributed by atoms with van der Waals surface area (Å²) in [6.45, 7) is 0. The zero-order chi connectivity index (χ0) is 13.3. The molecule has 0 aliphatic heterocycles. The molecule has 1 aromatic carbocycles. The third-order valence-corrected chi connectivity index (χ3v) is 2.27. The highest BCUT2D eigenvalue weighted by Crippen LogP contribution is 2.32. The number of aromatic amines is 1. The number of H-pyrrole nitrogens is 1. The van der Waals surface area contributed by atoms with Crippen LogP contribution in [0.3, 0.4) is 0 Å². The number of aromatic nitrogens is 2. The number of primary amides is 1. The number of alkyl halides is 3. The van der Waals surface area contributed by atoms with E-state index in [1.807, 2.05) is 0 Å². The first-order valence-corrected chi connectivity index (χ1v) is 4.92. The molecule has 3 N–H and O–H groups in total. The minimum atomic E-state index is -4.70. The van der Waals surface area contributed by atoms with Gasteiger partial charge in [-0.2, -0.15) is 13.2 Å². The Kier molecular flexibility index (Phi) is 2.82. The highest BCUT2D eigenvalue weighted by molar-refractivity contribution is 5.92. The third kappa shape index (κ3) is 2.20. The number of benzene rings is 1. The van der Waals surface area contributed by atoms with Crippen molar-refractivity contribution < 1.29 is 18.0 Å². The van der Waals surface area contributed by atoms with Gasteiger partial charge in [-0.3, -0.25) is 4.79 Å². The summed E-state index contributed by atoms with van der Waals surface area (Å²) in [5.41, 5.74) is 3.29.